The lowest BCUT2D eigenvalue weighted by atomic mass is 9.95. The number of halogens is 1. The summed E-state index contributed by atoms with van der Waals surface area (Å²) in [5.41, 5.74) is 0.569. The third kappa shape index (κ3) is 4.17. The van der Waals surface area contributed by atoms with Crippen molar-refractivity contribution in [3.63, 3.8) is 0 Å². The highest BCUT2D eigenvalue weighted by molar-refractivity contribution is 6.46. The van der Waals surface area contributed by atoms with Gasteiger partial charge in [0, 0.05) is 18.1 Å². The maximum atomic E-state index is 13.3. The molecule has 0 bridgehead atoms. The van der Waals surface area contributed by atoms with Crippen molar-refractivity contribution in [3.8, 4) is 5.75 Å². The number of likely N-dealkylation sites (tertiary alicyclic amines) is 1. The standard InChI is InChI=1S/C22H20FNO6/c1-30-16-10-6-13(7-11-16)19-18(20(27)14-4-8-15(23)9-5-14)21(28)22(29)24(19)12-2-3-17(25)26/h4-11,19,27H,2-3,12H2,1H3,(H,25,26)/p-1/t19-/m1/s1. The number of aliphatic carboxylic acids is 1. The van der Waals surface area contributed by atoms with E-state index in [-0.39, 0.29) is 30.5 Å². The summed E-state index contributed by atoms with van der Waals surface area (Å²) in [6, 6.07) is 10.5. The maximum absolute atomic E-state index is 13.3. The van der Waals surface area contributed by atoms with E-state index >= 15 is 0 Å². The van der Waals surface area contributed by atoms with Crippen LogP contribution in [0, 0.1) is 5.82 Å². The predicted molar refractivity (Wildman–Crippen MR) is 103 cm³/mol. The van der Waals surface area contributed by atoms with Gasteiger partial charge in [0.05, 0.1) is 18.7 Å². The van der Waals surface area contributed by atoms with Crippen molar-refractivity contribution in [1.29, 1.82) is 0 Å². The second-order valence-electron chi connectivity index (χ2n) is 6.75. The Balaban J connectivity index is 2.08. The number of carbonyl (C=O) groups excluding carboxylic acids is 3. The van der Waals surface area contributed by atoms with Gasteiger partial charge in [-0.15, -0.1) is 0 Å². The molecule has 7 nitrogen and oxygen atoms in total. The highest BCUT2D eigenvalue weighted by atomic mass is 19.1. The molecule has 2 aromatic rings. The number of Topliss-reactive ketones (excluding diaryl/α,β-unsaturated/α-hetero) is 1. The number of ketones is 1. The topological polar surface area (TPSA) is 107 Å². The largest absolute Gasteiger partial charge is 0.550 e. The molecule has 1 aliphatic heterocycles. The number of carboxylic acid groups (broad SMARTS) is 1. The van der Waals surface area contributed by atoms with Crippen LogP contribution in [0.5, 0.6) is 5.75 Å². The van der Waals surface area contributed by atoms with Crippen molar-refractivity contribution < 1.29 is 33.7 Å². The molecule has 156 valence electrons. The number of rotatable bonds is 7. The van der Waals surface area contributed by atoms with Gasteiger partial charge in [-0.1, -0.05) is 12.1 Å². The zero-order valence-electron chi connectivity index (χ0n) is 16.1. The van der Waals surface area contributed by atoms with E-state index in [4.69, 9.17) is 4.74 Å². The summed E-state index contributed by atoms with van der Waals surface area (Å²) in [6.45, 7) is -0.0184. The van der Waals surface area contributed by atoms with Gasteiger partial charge in [0.2, 0.25) is 0 Å². The van der Waals surface area contributed by atoms with Gasteiger partial charge in [-0.3, -0.25) is 9.59 Å². The quantitative estimate of drug-likeness (QED) is 0.422. The lowest BCUT2D eigenvalue weighted by Crippen LogP contribution is -2.32. The number of hydrogen-bond donors (Lipinski definition) is 1. The molecule has 0 saturated carbocycles. The SMILES string of the molecule is COc1ccc([C@@H]2C(=C(O)c3ccc(F)cc3)C(=O)C(=O)N2CCCC(=O)[O-])cc1. The number of methoxy groups -OCH3 is 1. The molecule has 1 heterocycles. The van der Waals surface area contributed by atoms with Gasteiger partial charge in [-0.2, -0.15) is 0 Å². The number of aliphatic hydroxyl groups excluding tert-OH is 1. The van der Waals surface area contributed by atoms with Gasteiger partial charge in [-0.05, 0) is 54.8 Å². The van der Waals surface area contributed by atoms with E-state index in [1.54, 1.807) is 24.3 Å². The van der Waals surface area contributed by atoms with Gasteiger partial charge in [0.25, 0.3) is 11.7 Å². The first-order valence-corrected chi connectivity index (χ1v) is 9.21. The molecular formula is C22H19FNO6-. The zero-order chi connectivity index (χ0) is 21.8. The van der Waals surface area contributed by atoms with Crippen LogP contribution in [-0.2, 0) is 14.4 Å². The molecule has 1 saturated heterocycles. The Labute approximate surface area is 172 Å². The predicted octanol–water partition coefficient (Wildman–Crippen LogP) is 1.79. The van der Waals surface area contributed by atoms with Crippen LogP contribution in [0.15, 0.2) is 54.1 Å². The first-order chi connectivity index (χ1) is 14.3. The van der Waals surface area contributed by atoms with Crippen molar-refractivity contribution in [2.24, 2.45) is 0 Å². The summed E-state index contributed by atoms with van der Waals surface area (Å²) in [7, 11) is 1.50. The molecule has 0 unspecified atom stereocenters. The van der Waals surface area contributed by atoms with Gasteiger partial charge in [0.1, 0.15) is 17.3 Å². The fourth-order valence-electron chi connectivity index (χ4n) is 3.40. The molecule has 1 fully saturated rings. The highest BCUT2D eigenvalue weighted by Gasteiger charge is 2.45. The minimum atomic E-state index is -1.26. The number of carbonyl (C=O) groups is 3. The van der Waals surface area contributed by atoms with Gasteiger partial charge in [-0.25, -0.2) is 4.39 Å². The van der Waals surface area contributed by atoms with Crippen LogP contribution in [-0.4, -0.2) is 41.3 Å². The summed E-state index contributed by atoms with van der Waals surface area (Å²) in [4.78, 5) is 37.4. The minimum absolute atomic E-state index is 0.0184. The highest BCUT2D eigenvalue weighted by Crippen LogP contribution is 2.39. The first kappa shape index (κ1) is 21.0. The van der Waals surface area contributed by atoms with Crippen LogP contribution in [0.4, 0.5) is 4.39 Å². The molecule has 1 atom stereocenters. The Morgan fingerprint density at radius 3 is 2.33 bits per heavy atom. The molecule has 0 aliphatic carbocycles. The van der Waals surface area contributed by atoms with Gasteiger partial charge in [0.15, 0.2) is 0 Å². The Morgan fingerprint density at radius 1 is 1.13 bits per heavy atom. The summed E-state index contributed by atoms with van der Waals surface area (Å²) < 4.78 is 18.4. The average Bonchev–Trinajstić information content (AvgIpc) is 2.98. The number of hydrogen-bond acceptors (Lipinski definition) is 6. The number of carboxylic acids is 1. The van der Waals surface area contributed by atoms with Crippen LogP contribution < -0.4 is 9.84 Å². The van der Waals surface area contributed by atoms with Crippen LogP contribution in [0.1, 0.15) is 30.0 Å². The third-order valence-corrected chi connectivity index (χ3v) is 4.87. The van der Waals surface area contributed by atoms with Crippen molar-refractivity contribution in [2.75, 3.05) is 13.7 Å². The minimum Gasteiger partial charge on any atom is -0.550 e. The second-order valence-corrected chi connectivity index (χ2v) is 6.75. The average molecular weight is 412 g/mol. The van der Waals surface area contributed by atoms with E-state index in [0.29, 0.717) is 11.3 Å². The molecule has 8 heteroatoms. The molecule has 3 rings (SSSR count). The summed E-state index contributed by atoms with van der Waals surface area (Å²) in [6.07, 6.45) is -0.200. The smallest absolute Gasteiger partial charge is 0.295 e. The second kappa shape index (κ2) is 8.77. The van der Waals surface area contributed by atoms with Gasteiger partial charge >= 0.3 is 0 Å². The fraction of sp³-hybridized carbons (Fsp3) is 0.227. The zero-order valence-corrected chi connectivity index (χ0v) is 16.1. The number of aliphatic hydroxyl groups is 1. The van der Waals surface area contributed by atoms with E-state index in [1.165, 1.54) is 24.1 Å². The van der Waals surface area contributed by atoms with Gasteiger partial charge < -0.3 is 24.6 Å². The number of ether oxygens (including phenoxy) is 1. The molecule has 1 N–H and O–H groups in total. The number of nitrogens with zero attached hydrogens (tertiary/aromatic N) is 1. The third-order valence-electron chi connectivity index (χ3n) is 4.87. The molecular weight excluding hydrogens is 393 g/mol. The van der Waals surface area contributed by atoms with Crippen LogP contribution >= 0.6 is 0 Å². The lowest BCUT2D eigenvalue weighted by molar-refractivity contribution is -0.305. The van der Waals surface area contributed by atoms with E-state index in [2.05, 4.69) is 0 Å². The molecule has 30 heavy (non-hydrogen) atoms. The Hall–Kier alpha value is -3.68. The van der Waals surface area contributed by atoms with E-state index in [9.17, 15) is 29.0 Å². The van der Waals surface area contributed by atoms with Crippen molar-refractivity contribution >= 4 is 23.4 Å². The Bertz CT molecular complexity index is 997. The van der Waals surface area contributed by atoms with Crippen molar-refractivity contribution in [1.82, 2.24) is 4.90 Å². The van der Waals surface area contributed by atoms with E-state index in [1.807, 2.05) is 0 Å². The summed E-state index contributed by atoms with van der Waals surface area (Å²) in [5.74, 6) is -3.40. The first-order valence-electron chi connectivity index (χ1n) is 9.21. The Morgan fingerprint density at radius 2 is 1.77 bits per heavy atom. The fourth-order valence-corrected chi connectivity index (χ4v) is 3.40. The monoisotopic (exact) mass is 412 g/mol. The van der Waals surface area contributed by atoms with E-state index in [0.717, 1.165) is 12.1 Å². The number of amides is 1. The van der Waals surface area contributed by atoms with Crippen LogP contribution in [0.3, 0.4) is 0 Å². The molecule has 0 spiro atoms. The summed E-state index contributed by atoms with van der Waals surface area (Å²) in [5, 5.41) is 21.5. The molecule has 2 aromatic carbocycles. The van der Waals surface area contributed by atoms with Crippen LogP contribution in [0.25, 0.3) is 5.76 Å². The van der Waals surface area contributed by atoms with Crippen LogP contribution in [0.2, 0.25) is 0 Å². The molecule has 1 aliphatic rings. The summed E-state index contributed by atoms with van der Waals surface area (Å²) >= 11 is 0. The number of benzene rings is 2. The van der Waals surface area contributed by atoms with E-state index < -0.39 is 35.3 Å². The van der Waals surface area contributed by atoms with Crippen molar-refractivity contribution in [3.05, 3.63) is 71.0 Å². The Kier molecular flexibility index (Phi) is 6.15. The lowest BCUT2D eigenvalue weighted by Gasteiger charge is -2.25. The molecule has 0 aromatic heterocycles. The maximum Gasteiger partial charge on any atom is 0.295 e. The van der Waals surface area contributed by atoms with Crippen molar-refractivity contribution in [2.45, 2.75) is 18.9 Å². The molecule has 0 radical (unpaired) electrons. The normalized spacial score (nSPS) is 17.9. The molecule has 1 amide bonds.